The Morgan fingerprint density at radius 2 is 2.23 bits per heavy atom. The molecule has 4 rings (SSSR count). The van der Waals surface area contributed by atoms with Crippen LogP contribution in [0.2, 0.25) is 0 Å². The number of fused-ring (bicyclic) bond motifs is 3. The molecule has 26 heavy (non-hydrogen) atoms. The number of aromatic nitrogens is 1. The molecule has 0 spiro atoms. The van der Waals surface area contributed by atoms with Gasteiger partial charge in [0.1, 0.15) is 5.75 Å². The van der Waals surface area contributed by atoms with Crippen molar-refractivity contribution in [1.29, 1.82) is 0 Å². The Kier molecular flexibility index (Phi) is 5.13. The number of carbonyl (C=O) groups excluding carboxylic acids is 1. The fourth-order valence-corrected chi connectivity index (χ4v) is 4.05. The highest BCUT2D eigenvalue weighted by molar-refractivity contribution is 5.88. The summed E-state index contributed by atoms with van der Waals surface area (Å²) in [5.74, 6) is 1.09. The van der Waals surface area contributed by atoms with E-state index in [-0.39, 0.29) is 11.8 Å². The maximum Gasteiger partial charge on any atom is 0.223 e. The van der Waals surface area contributed by atoms with Crippen LogP contribution >= 0.6 is 0 Å². The monoisotopic (exact) mass is 357 g/mol. The predicted octanol–water partition coefficient (Wildman–Crippen LogP) is 1.73. The van der Waals surface area contributed by atoms with Crippen molar-refractivity contribution >= 4 is 16.8 Å². The maximum atomic E-state index is 12.6. The van der Waals surface area contributed by atoms with Crippen LogP contribution in [-0.4, -0.2) is 62.3 Å². The SMILES string of the molecule is COc1ccc2[nH]c3c(c2c1)CC(C(=O)NCCN1CCOCC1)CC3. The number of aryl methyl sites for hydroxylation is 1. The van der Waals surface area contributed by atoms with Gasteiger partial charge in [0, 0.05) is 48.7 Å². The van der Waals surface area contributed by atoms with Gasteiger partial charge < -0.3 is 19.8 Å². The third-order valence-corrected chi connectivity index (χ3v) is 5.60. The van der Waals surface area contributed by atoms with Gasteiger partial charge in [-0.15, -0.1) is 0 Å². The summed E-state index contributed by atoms with van der Waals surface area (Å²) in [6, 6.07) is 6.10. The largest absolute Gasteiger partial charge is 0.497 e. The highest BCUT2D eigenvalue weighted by atomic mass is 16.5. The van der Waals surface area contributed by atoms with Crippen molar-refractivity contribution in [3.63, 3.8) is 0 Å². The molecule has 1 aromatic heterocycles. The molecule has 1 aliphatic heterocycles. The van der Waals surface area contributed by atoms with E-state index in [1.165, 1.54) is 16.6 Å². The van der Waals surface area contributed by atoms with Crippen LogP contribution in [0.15, 0.2) is 18.2 Å². The van der Waals surface area contributed by atoms with E-state index in [1.807, 2.05) is 6.07 Å². The number of H-pyrrole nitrogens is 1. The predicted molar refractivity (Wildman–Crippen MR) is 101 cm³/mol. The summed E-state index contributed by atoms with van der Waals surface area (Å²) in [4.78, 5) is 18.5. The number of aromatic amines is 1. The molecule has 0 bridgehead atoms. The summed E-state index contributed by atoms with van der Waals surface area (Å²) in [6.07, 6.45) is 2.63. The van der Waals surface area contributed by atoms with E-state index in [2.05, 4.69) is 27.3 Å². The second-order valence-corrected chi connectivity index (χ2v) is 7.18. The van der Waals surface area contributed by atoms with Gasteiger partial charge in [0.2, 0.25) is 5.91 Å². The molecule has 0 saturated carbocycles. The third-order valence-electron chi connectivity index (χ3n) is 5.60. The van der Waals surface area contributed by atoms with Crippen LogP contribution in [0.1, 0.15) is 17.7 Å². The first-order chi connectivity index (χ1) is 12.7. The summed E-state index contributed by atoms with van der Waals surface area (Å²) < 4.78 is 10.7. The Hall–Kier alpha value is -2.05. The van der Waals surface area contributed by atoms with Crippen molar-refractivity contribution in [3.8, 4) is 5.75 Å². The first kappa shape index (κ1) is 17.4. The van der Waals surface area contributed by atoms with E-state index in [9.17, 15) is 4.79 Å². The molecule has 1 atom stereocenters. The average molecular weight is 357 g/mol. The molecule has 6 nitrogen and oxygen atoms in total. The lowest BCUT2D eigenvalue weighted by molar-refractivity contribution is -0.125. The Balaban J connectivity index is 1.38. The Bertz CT molecular complexity index is 780. The summed E-state index contributed by atoms with van der Waals surface area (Å²) >= 11 is 0. The molecule has 1 unspecified atom stereocenters. The van der Waals surface area contributed by atoms with Gasteiger partial charge in [0.05, 0.1) is 20.3 Å². The molecule has 2 heterocycles. The number of nitrogens with one attached hydrogen (secondary N) is 2. The van der Waals surface area contributed by atoms with Crippen LogP contribution in [-0.2, 0) is 22.4 Å². The van der Waals surface area contributed by atoms with E-state index >= 15 is 0 Å². The van der Waals surface area contributed by atoms with Gasteiger partial charge in [-0.3, -0.25) is 9.69 Å². The number of carbonyl (C=O) groups is 1. The zero-order chi connectivity index (χ0) is 17.9. The quantitative estimate of drug-likeness (QED) is 0.855. The molecule has 2 aromatic rings. The van der Waals surface area contributed by atoms with Crippen molar-refractivity contribution in [2.75, 3.05) is 46.5 Å². The fraction of sp³-hybridized carbons (Fsp3) is 0.550. The molecule has 2 aliphatic rings. The number of rotatable bonds is 5. The van der Waals surface area contributed by atoms with Gasteiger partial charge in [-0.25, -0.2) is 0 Å². The molecule has 1 fully saturated rings. The van der Waals surface area contributed by atoms with Gasteiger partial charge in [-0.1, -0.05) is 0 Å². The number of hydrogen-bond acceptors (Lipinski definition) is 4. The molecular weight excluding hydrogens is 330 g/mol. The van der Waals surface area contributed by atoms with Crippen LogP contribution in [0.5, 0.6) is 5.75 Å². The van der Waals surface area contributed by atoms with E-state index in [1.54, 1.807) is 7.11 Å². The highest BCUT2D eigenvalue weighted by Gasteiger charge is 2.27. The standard InChI is InChI=1S/C20H27N3O3/c1-25-15-3-5-19-17(13-15)16-12-14(2-4-18(16)22-19)20(24)21-6-7-23-8-10-26-11-9-23/h3,5,13-14,22H,2,4,6-12H2,1H3,(H,21,24). The van der Waals surface area contributed by atoms with Gasteiger partial charge in [-0.05, 0) is 43.0 Å². The van der Waals surface area contributed by atoms with Crippen LogP contribution < -0.4 is 10.1 Å². The van der Waals surface area contributed by atoms with Crippen molar-refractivity contribution in [1.82, 2.24) is 15.2 Å². The first-order valence-electron chi connectivity index (χ1n) is 9.50. The normalized spacial score (nSPS) is 20.7. The molecule has 2 N–H and O–H groups in total. The summed E-state index contributed by atoms with van der Waals surface area (Å²) in [7, 11) is 1.69. The smallest absolute Gasteiger partial charge is 0.223 e. The molecule has 6 heteroatoms. The lowest BCUT2D eigenvalue weighted by Gasteiger charge is -2.27. The highest BCUT2D eigenvalue weighted by Crippen LogP contribution is 2.33. The fourth-order valence-electron chi connectivity index (χ4n) is 4.05. The number of nitrogens with zero attached hydrogens (tertiary/aromatic N) is 1. The van der Waals surface area contributed by atoms with Gasteiger partial charge in [-0.2, -0.15) is 0 Å². The summed E-state index contributed by atoms with van der Waals surface area (Å²) in [6.45, 7) is 5.12. The number of hydrogen-bond donors (Lipinski definition) is 2. The topological polar surface area (TPSA) is 66.6 Å². The number of amides is 1. The number of morpholine rings is 1. The third kappa shape index (κ3) is 3.57. The van der Waals surface area contributed by atoms with E-state index < -0.39 is 0 Å². The first-order valence-corrected chi connectivity index (χ1v) is 9.50. The second kappa shape index (κ2) is 7.68. The summed E-state index contributed by atoms with van der Waals surface area (Å²) in [5, 5.41) is 4.32. The van der Waals surface area contributed by atoms with Crippen molar-refractivity contribution < 1.29 is 14.3 Å². The average Bonchev–Trinajstić information content (AvgIpc) is 3.05. The number of ether oxygens (including phenoxy) is 2. The minimum atomic E-state index is 0.0531. The molecule has 1 aliphatic carbocycles. The van der Waals surface area contributed by atoms with Gasteiger partial charge in [0.15, 0.2) is 0 Å². The number of benzene rings is 1. The van der Waals surface area contributed by atoms with E-state index in [0.29, 0.717) is 6.54 Å². The van der Waals surface area contributed by atoms with E-state index in [4.69, 9.17) is 9.47 Å². The minimum Gasteiger partial charge on any atom is -0.497 e. The zero-order valence-electron chi connectivity index (χ0n) is 15.3. The molecular formula is C20H27N3O3. The van der Waals surface area contributed by atoms with Crippen LogP contribution in [0.3, 0.4) is 0 Å². The van der Waals surface area contributed by atoms with E-state index in [0.717, 1.165) is 63.4 Å². The van der Waals surface area contributed by atoms with Crippen molar-refractivity contribution in [3.05, 3.63) is 29.5 Å². The molecule has 1 amide bonds. The lowest BCUT2D eigenvalue weighted by Crippen LogP contribution is -2.43. The molecule has 1 aromatic carbocycles. The summed E-state index contributed by atoms with van der Waals surface area (Å²) in [5.41, 5.74) is 3.67. The molecule has 1 saturated heterocycles. The van der Waals surface area contributed by atoms with Crippen LogP contribution in [0.4, 0.5) is 0 Å². The van der Waals surface area contributed by atoms with Crippen molar-refractivity contribution in [2.45, 2.75) is 19.3 Å². The molecule has 0 radical (unpaired) electrons. The zero-order valence-corrected chi connectivity index (χ0v) is 15.3. The van der Waals surface area contributed by atoms with Crippen LogP contribution in [0, 0.1) is 5.92 Å². The molecule has 140 valence electrons. The van der Waals surface area contributed by atoms with Gasteiger partial charge in [0.25, 0.3) is 0 Å². The minimum absolute atomic E-state index is 0.0531. The maximum absolute atomic E-state index is 12.6. The Morgan fingerprint density at radius 1 is 1.38 bits per heavy atom. The Morgan fingerprint density at radius 3 is 3.04 bits per heavy atom. The number of methoxy groups -OCH3 is 1. The van der Waals surface area contributed by atoms with Crippen molar-refractivity contribution in [2.24, 2.45) is 5.92 Å². The lowest BCUT2D eigenvalue weighted by atomic mass is 9.86. The van der Waals surface area contributed by atoms with Gasteiger partial charge >= 0.3 is 0 Å². The Labute approximate surface area is 153 Å². The van der Waals surface area contributed by atoms with Crippen LogP contribution in [0.25, 0.3) is 10.9 Å². The second-order valence-electron chi connectivity index (χ2n) is 7.18.